The summed E-state index contributed by atoms with van der Waals surface area (Å²) in [4.78, 5) is 0. The Morgan fingerprint density at radius 3 is 2.62 bits per heavy atom. The lowest BCUT2D eigenvalue weighted by Crippen LogP contribution is -3.00. The highest BCUT2D eigenvalue weighted by Gasteiger charge is 2.76. The number of halogens is 1. The molecule has 3 aliphatic carbocycles. The number of nitrogens with zero attached hydrogens (tertiary/aromatic N) is 1. The Morgan fingerprint density at radius 1 is 1.09 bits per heavy atom. The number of piperidine rings is 1. The molecule has 5 aliphatic rings. The first-order chi connectivity index (χ1) is 16.0. The molecular weight excluding hydrogens is 541 g/mol. The Balaban J connectivity index is 0.00000217. The highest BCUT2D eigenvalue weighted by Crippen LogP contribution is 2.67. The predicted octanol–water partition coefficient (Wildman–Crippen LogP) is 1.21. The molecule has 2 saturated carbocycles. The Hall–Kier alpha value is -1.35. The van der Waals surface area contributed by atoms with Crippen molar-refractivity contribution < 1.29 is 47.8 Å². The van der Waals surface area contributed by atoms with Gasteiger partial charge in [-0.1, -0.05) is 24.3 Å². The molecule has 0 radical (unpaired) electrons. The van der Waals surface area contributed by atoms with Crippen LogP contribution in [0, 0.1) is 5.92 Å². The number of benzene rings is 2. The van der Waals surface area contributed by atoms with Crippen molar-refractivity contribution in [2.24, 2.45) is 5.92 Å². The van der Waals surface area contributed by atoms with Gasteiger partial charge in [-0.2, -0.15) is 0 Å². The minimum atomic E-state index is -0.780. The van der Waals surface area contributed by atoms with Gasteiger partial charge in [-0.3, -0.25) is 0 Å². The molecule has 182 valence electrons. The van der Waals surface area contributed by atoms with Crippen molar-refractivity contribution in [3.63, 3.8) is 0 Å². The maximum atomic E-state index is 12.7. The summed E-state index contributed by atoms with van der Waals surface area (Å²) in [6.45, 7) is 2.28. The molecule has 1 unspecified atom stereocenters. The zero-order valence-electron chi connectivity index (χ0n) is 20.0. The average molecular weight is 575 g/mol. The molecule has 34 heavy (non-hydrogen) atoms. The van der Waals surface area contributed by atoms with E-state index in [0.717, 1.165) is 59.9 Å². The number of likely N-dealkylation sites (tertiary alicyclic amines) is 1. The van der Waals surface area contributed by atoms with Gasteiger partial charge < -0.3 is 47.8 Å². The Kier molecular flexibility index (Phi) is 5.31. The van der Waals surface area contributed by atoms with E-state index in [1.165, 1.54) is 30.5 Å². The molecule has 6 atom stereocenters. The zero-order valence-corrected chi connectivity index (χ0v) is 22.2. The maximum Gasteiger partial charge on any atom is 0.169 e. The summed E-state index contributed by atoms with van der Waals surface area (Å²) in [5, 5.41) is 12.7. The van der Waals surface area contributed by atoms with Crippen molar-refractivity contribution in [3.05, 3.63) is 53.6 Å². The Labute approximate surface area is 219 Å². The van der Waals surface area contributed by atoms with Crippen LogP contribution >= 0.6 is 0 Å². The molecule has 5 nitrogen and oxygen atoms in total. The van der Waals surface area contributed by atoms with Crippen molar-refractivity contribution in [1.82, 2.24) is 0 Å². The van der Waals surface area contributed by atoms with Crippen molar-refractivity contribution >= 4 is 0 Å². The van der Waals surface area contributed by atoms with Crippen LogP contribution in [0.3, 0.4) is 0 Å². The summed E-state index contributed by atoms with van der Waals surface area (Å²) in [7, 11) is 4.19. The summed E-state index contributed by atoms with van der Waals surface area (Å²) in [5.41, 5.74) is 1.34. The molecule has 3 fully saturated rings. The third kappa shape index (κ3) is 2.95. The van der Waals surface area contributed by atoms with Gasteiger partial charge in [-0.25, -0.2) is 0 Å². The van der Waals surface area contributed by atoms with Crippen LogP contribution in [-0.4, -0.2) is 60.7 Å². The number of aliphatic hydroxyl groups is 1. The average Bonchev–Trinajstić information content (AvgIpc) is 3.55. The van der Waals surface area contributed by atoms with Gasteiger partial charge in [0.1, 0.15) is 23.5 Å². The standard InChI is InChI=1S/C28H34NO4.HI/c1-29(17-18-8-9-18)15-14-27-24-19-10-11-21(32-20-6-4-3-5-7-20)25(24)33-26(27)22(31-2)12-13-28(27,30)23(29)16-19;/h3-7,10-11,18,22-23,26,30H,8-9,12-17H2,1-2H3;1H/q+1;/p-1/t22-,23+,26-,27-,28+,29?;/m0./s1. The van der Waals surface area contributed by atoms with Crippen molar-refractivity contribution in [1.29, 1.82) is 0 Å². The van der Waals surface area contributed by atoms with Crippen molar-refractivity contribution in [2.75, 3.05) is 27.2 Å². The molecule has 7 rings (SSSR count). The largest absolute Gasteiger partial charge is 1.00 e. The maximum absolute atomic E-state index is 12.7. The highest BCUT2D eigenvalue weighted by molar-refractivity contribution is 5.63. The normalized spacial score (nSPS) is 39.0. The topological polar surface area (TPSA) is 47.9 Å². The molecule has 6 heteroatoms. The third-order valence-electron chi connectivity index (χ3n) is 9.68. The lowest BCUT2D eigenvalue weighted by molar-refractivity contribution is -0.950. The molecule has 1 spiro atoms. The summed E-state index contributed by atoms with van der Waals surface area (Å²) >= 11 is 0. The lowest BCUT2D eigenvalue weighted by atomic mass is 9.48. The Bertz CT molecular complexity index is 1110. The van der Waals surface area contributed by atoms with Gasteiger partial charge in [0.25, 0.3) is 0 Å². The van der Waals surface area contributed by atoms with E-state index in [-0.39, 0.29) is 42.2 Å². The van der Waals surface area contributed by atoms with Crippen LogP contribution in [0.1, 0.15) is 43.2 Å². The van der Waals surface area contributed by atoms with E-state index in [4.69, 9.17) is 14.2 Å². The molecular formula is C28H34INO4. The predicted molar refractivity (Wildman–Crippen MR) is 125 cm³/mol. The highest BCUT2D eigenvalue weighted by atomic mass is 127. The molecule has 0 amide bonds. The number of para-hydroxylation sites is 1. The number of likely N-dealkylation sites (N-methyl/N-ethyl adjacent to an activating group) is 1. The van der Waals surface area contributed by atoms with Crippen LogP contribution in [0.4, 0.5) is 0 Å². The number of quaternary nitrogens is 1. The van der Waals surface area contributed by atoms with Crippen LogP contribution in [0.5, 0.6) is 17.2 Å². The fourth-order valence-corrected chi connectivity index (χ4v) is 8.04. The van der Waals surface area contributed by atoms with E-state index in [2.05, 4.69) is 19.2 Å². The van der Waals surface area contributed by atoms with Gasteiger partial charge in [0, 0.05) is 31.4 Å². The number of hydrogen-bond acceptors (Lipinski definition) is 4. The number of ether oxygens (including phenoxy) is 3. The monoisotopic (exact) mass is 575 g/mol. The van der Waals surface area contributed by atoms with Crippen LogP contribution in [0.15, 0.2) is 42.5 Å². The van der Waals surface area contributed by atoms with Gasteiger partial charge in [-0.15, -0.1) is 0 Å². The van der Waals surface area contributed by atoms with E-state index in [0.29, 0.717) is 0 Å². The summed E-state index contributed by atoms with van der Waals surface area (Å²) < 4.78 is 20.1. The van der Waals surface area contributed by atoms with Crippen LogP contribution in [-0.2, 0) is 16.6 Å². The second-order valence-electron chi connectivity index (χ2n) is 11.4. The molecule has 2 aromatic carbocycles. The molecule has 1 saturated heterocycles. The summed E-state index contributed by atoms with van der Waals surface area (Å²) in [5.74, 6) is 3.21. The summed E-state index contributed by atoms with van der Waals surface area (Å²) in [6.07, 6.45) is 5.95. The van der Waals surface area contributed by atoms with Gasteiger partial charge >= 0.3 is 0 Å². The van der Waals surface area contributed by atoms with E-state index < -0.39 is 11.0 Å². The SMILES string of the molecule is CO[C@H]1CC[C@@]2(O)[C@H]3Cc4ccc(Oc5ccccc5)c5c4[C@@]2(CC[N+]3(C)CC2CC2)[C@H]1O5.[I-]. The van der Waals surface area contributed by atoms with Gasteiger partial charge in [0.05, 0.1) is 31.7 Å². The quantitative estimate of drug-likeness (QED) is 0.431. The van der Waals surface area contributed by atoms with E-state index in [1.54, 1.807) is 7.11 Å². The minimum absolute atomic E-state index is 0. The van der Waals surface area contributed by atoms with Gasteiger partial charge in [-0.05, 0) is 49.4 Å². The van der Waals surface area contributed by atoms with Crippen LogP contribution in [0.2, 0.25) is 0 Å². The second-order valence-corrected chi connectivity index (χ2v) is 11.4. The van der Waals surface area contributed by atoms with Crippen LogP contribution < -0.4 is 33.5 Å². The fraction of sp³-hybridized carbons (Fsp3) is 0.571. The van der Waals surface area contributed by atoms with Gasteiger partial charge in [0.15, 0.2) is 11.5 Å². The first-order valence-electron chi connectivity index (χ1n) is 12.6. The van der Waals surface area contributed by atoms with E-state index in [9.17, 15) is 5.11 Å². The number of rotatable bonds is 5. The first kappa shape index (κ1) is 23.1. The smallest absolute Gasteiger partial charge is 0.169 e. The Morgan fingerprint density at radius 2 is 1.88 bits per heavy atom. The molecule has 0 aromatic heterocycles. The molecule has 2 heterocycles. The molecule has 2 aromatic rings. The fourth-order valence-electron chi connectivity index (χ4n) is 8.04. The van der Waals surface area contributed by atoms with Crippen molar-refractivity contribution in [3.8, 4) is 17.2 Å². The van der Waals surface area contributed by atoms with Crippen molar-refractivity contribution in [2.45, 2.75) is 67.8 Å². The molecule has 2 aliphatic heterocycles. The van der Waals surface area contributed by atoms with Crippen LogP contribution in [0.25, 0.3) is 0 Å². The summed E-state index contributed by atoms with van der Waals surface area (Å²) in [6, 6.07) is 14.4. The van der Waals surface area contributed by atoms with E-state index >= 15 is 0 Å². The second kappa shape index (κ2) is 7.82. The van der Waals surface area contributed by atoms with E-state index in [1.807, 2.05) is 30.3 Å². The lowest BCUT2D eigenvalue weighted by Gasteiger charge is -2.65. The third-order valence-corrected chi connectivity index (χ3v) is 9.68. The molecule has 1 N–H and O–H groups in total. The number of methoxy groups -OCH3 is 1. The number of hydrogen-bond donors (Lipinski definition) is 1. The van der Waals surface area contributed by atoms with Gasteiger partial charge in [0.2, 0.25) is 0 Å². The molecule has 2 bridgehead atoms. The zero-order chi connectivity index (χ0) is 22.4. The first-order valence-corrected chi connectivity index (χ1v) is 12.6. The minimum Gasteiger partial charge on any atom is -1.00 e.